The van der Waals surface area contributed by atoms with Gasteiger partial charge in [-0.1, -0.05) is 13.8 Å². The topological polar surface area (TPSA) is 32.5 Å². The molecule has 0 amide bonds. The van der Waals surface area contributed by atoms with Gasteiger partial charge in [-0.25, -0.2) is 0 Å². The lowest BCUT2D eigenvalue weighted by Gasteiger charge is -2.52. The fourth-order valence-electron chi connectivity index (χ4n) is 4.26. The predicted octanol–water partition coefficient (Wildman–Crippen LogP) is 2.17. The molecule has 3 heteroatoms. The largest absolute Gasteiger partial charge is 0.329 e. The van der Waals surface area contributed by atoms with E-state index in [2.05, 4.69) is 37.6 Å². The molecule has 0 bridgehead atoms. The Morgan fingerprint density at radius 2 is 1.89 bits per heavy atom. The second-order valence-electron chi connectivity index (χ2n) is 7.30. The highest BCUT2D eigenvalue weighted by molar-refractivity contribution is 4.99. The van der Waals surface area contributed by atoms with Crippen molar-refractivity contribution in [3.05, 3.63) is 0 Å². The van der Waals surface area contributed by atoms with Gasteiger partial charge in [-0.05, 0) is 64.6 Å². The molecule has 0 radical (unpaired) electrons. The average Bonchev–Trinajstić information content (AvgIpc) is 2.56. The van der Waals surface area contributed by atoms with Gasteiger partial charge in [-0.3, -0.25) is 4.90 Å². The van der Waals surface area contributed by atoms with Crippen molar-refractivity contribution in [3.8, 4) is 0 Å². The molecule has 2 heterocycles. The van der Waals surface area contributed by atoms with Gasteiger partial charge in [0.05, 0.1) is 0 Å². The minimum absolute atomic E-state index is 0.257. The van der Waals surface area contributed by atoms with Crippen LogP contribution >= 0.6 is 0 Å². The van der Waals surface area contributed by atoms with E-state index in [0.29, 0.717) is 6.04 Å². The number of hydrogen-bond donors (Lipinski definition) is 1. The summed E-state index contributed by atoms with van der Waals surface area (Å²) in [5.41, 5.74) is 6.53. The van der Waals surface area contributed by atoms with Gasteiger partial charge in [-0.15, -0.1) is 0 Å². The molecule has 2 saturated heterocycles. The maximum absolute atomic E-state index is 6.28. The summed E-state index contributed by atoms with van der Waals surface area (Å²) in [7, 11) is 2.25. The summed E-state index contributed by atoms with van der Waals surface area (Å²) in [6.45, 7) is 11.7. The SMILES string of the molecule is CC1CC(C)C(C)N(C2(CN)CCCN(C)CC2)C1. The molecule has 0 aromatic carbocycles. The fraction of sp³-hybridized carbons (Fsp3) is 1.00. The van der Waals surface area contributed by atoms with E-state index in [-0.39, 0.29) is 5.54 Å². The van der Waals surface area contributed by atoms with E-state index in [0.717, 1.165) is 18.4 Å². The van der Waals surface area contributed by atoms with E-state index in [1.807, 2.05) is 0 Å². The second kappa shape index (κ2) is 6.11. The Bertz CT molecular complexity index is 294. The Morgan fingerprint density at radius 3 is 2.58 bits per heavy atom. The Labute approximate surface area is 119 Å². The van der Waals surface area contributed by atoms with Crippen molar-refractivity contribution in [2.24, 2.45) is 17.6 Å². The molecule has 0 aliphatic carbocycles. The van der Waals surface area contributed by atoms with Gasteiger partial charge in [0.2, 0.25) is 0 Å². The van der Waals surface area contributed by atoms with Crippen LogP contribution in [0, 0.1) is 11.8 Å². The first-order valence-corrected chi connectivity index (χ1v) is 8.14. The Kier molecular flexibility index (Phi) is 4.91. The third-order valence-electron chi connectivity index (χ3n) is 5.73. The van der Waals surface area contributed by atoms with Crippen LogP contribution in [0.4, 0.5) is 0 Å². The van der Waals surface area contributed by atoms with Gasteiger partial charge in [0.1, 0.15) is 0 Å². The van der Waals surface area contributed by atoms with Gasteiger partial charge in [0, 0.05) is 24.7 Å². The number of nitrogens with two attached hydrogens (primary N) is 1. The molecule has 0 spiro atoms. The molecular weight excluding hydrogens is 234 g/mol. The van der Waals surface area contributed by atoms with E-state index in [1.54, 1.807) is 0 Å². The van der Waals surface area contributed by atoms with Crippen molar-refractivity contribution < 1.29 is 0 Å². The van der Waals surface area contributed by atoms with Gasteiger partial charge in [-0.2, -0.15) is 0 Å². The molecule has 2 N–H and O–H groups in total. The minimum atomic E-state index is 0.257. The molecule has 0 aromatic rings. The lowest BCUT2D eigenvalue weighted by atomic mass is 9.79. The van der Waals surface area contributed by atoms with Gasteiger partial charge < -0.3 is 10.6 Å². The summed E-state index contributed by atoms with van der Waals surface area (Å²) in [5.74, 6) is 1.61. The van der Waals surface area contributed by atoms with Crippen LogP contribution in [0.5, 0.6) is 0 Å². The zero-order valence-corrected chi connectivity index (χ0v) is 13.4. The van der Waals surface area contributed by atoms with Gasteiger partial charge >= 0.3 is 0 Å². The van der Waals surface area contributed by atoms with E-state index >= 15 is 0 Å². The number of hydrogen-bond acceptors (Lipinski definition) is 3. The van der Waals surface area contributed by atoms with Crippen LogP contribution in [0.25, 0.3) is 0 Å². The lowest BCUT2D eigenvalue weighted by Crippen LogP contribution is -2.61. The molecule has 2 rings (SSSR count). The molecule has 4 unspecified atom stereocenters. The number of rotatable bonds is 2. The third-order valence-corrected chi connectivity index (χ3v) is 5.73. The van der Waals surface area contributed by atoms with Crippen molar-refractivity contribution in [3.63, 3.8) is 0 Å². The van der Waals surface area contributed by atoms with Crippen LogP contribution in [0.2, 0.25) is 0 Å². The number of piperidine rings is 1. The van der Waals surface area contributed by atoms with Crippen molar-refractivity contribution in [2.75, 3.05) is 33.2 Å². The zero-order valence-electron chi connectivity index (χ0n) is 13.4. The average molecular weight is 267 g/mol. The van der Waals surface area contributed by atoms with Crippen LogP contribution < -0.4 is 5.73 Å². The maximum atomic E-state index is 6.28. The second-order valence-corrected chi connectivity index (χ2v) is 7.30. The van der Waals surface area contributed by atoms with E-state index in [1.165, 1.54) is 45.3 Å². The molecule has 2 fully saturated rings. The van der Waals surface area contributed by atoms with Crippen LogP contribution in [0.3, 0.4) is 0 Å². The monoisotopic (exact) mass is 267 g/mol. The number of nitrogens with zero attached hydrogens (tertiary/aromatic N) is 2. The Balaban J connectivity index is 2.18. The molecular formula is C16H33N3. The van der Waals surface area contributed by atoms with Crippen LogP contribution in [0.15, 0.2) is 0 Å². The van der Waals surface area contributed by atoms with E-state index in [9.17, 15) is 0 Å². The summed E-state index contributed by atoms with van der Waals surface area (Å²) in [5, 5.41) is 0. The van der Waals surface area contributed by atoms with Crippen LogP contribution in [-0.4, -0.2) is 54.6 Å². The van der Waals surface area contributed by atoms with Crippen LogP contribution in [0.1, 0.15) is 46.5 Å². The third kappa shape index (κ3) is 3.14. The zero-order chi connectivity index (χ0) is 14.0. The minimum Gasteiger partial charge on any atom is -0.329 e. The van der Waals surface area contributed by atoms with Crippen molar-refractivity contribution in [1.82, 2.24) is 9.80 Å². The summed E-state index contributed by atoms with van der Waals surface area (Å²) in [4.78, 5) is 5.25. The van der Waals surface area contributed by atoms with Gasteiger partial charge in [0.15, 0.2) is 0 Å². The predicted molar refractivity (Wildman–Crippen MR) is 82.2 cm³/mol. The van der Waals surface area contributed by atoms with Crippen molar-refractivity contribution >= 4 is 0 Å². The highest BCUT2D eigenvalue weighted by Crippen LogP contribution is 2.37. The lowest BCUT2D eigenvalue weighted by molar-refractivity contribution is -0.0236. The number of likely N-dealkylation sites (tertiary alicyclic amines) is 2. The molecule has 0 aromatic heterocycles. The molecule has 0 saturated carbocycles. The summed E-state index contributed by atoms with van der Waals surface area (Å²) < 4.78 is 0. The molecule has 2 aliphatic rings. The molecule has 112 valence electrons. The smallest absolute Gasteiger partial charge is 0.0347 e. The summed E-state index contributed by atoms with van der Waals surface area (Å²) in [6, 6.07) is 0.683. The highest BCUT2D eigenvalue weighted by Gasteiger charge is 2.42. The van der Waals surface area contributed by atoms with Crippen molar-refractivity contribution in [1.29, 1.82) is 0 Å². The van der Waals surface area contributed by atoms with Gasteiger partial charge in [0.25, 0.3) is 0 Å². The van der Waals surface area contributed by atoms with Crippen molar-refractivity contribution in [2.45, 2.75) is 58.0 Å². The van der Waals surface area contributed by atoms with E-state index < -0.39 is 0 Å². The maximum Gasteiger partial charge on any atom is 0.0347 e. The normalized spacial score (nSPS) is 43.1. The first-order valence-electron chi connectivity index (χ1n) is 8.14. The van der Waals surface area contributed by atoms with Crippen LogP contribution in [-0.2, 0) is 0 Å². The standard InChI is InChI=1S/C16H33N3/c1-13-10-14(2)15(3)19(11-13)16(12-17)6-5-8-18(4)9-7-16/h13-15H,5-12,17H2,1-4H3. The molecule has 3 nitrogen and oxygen atoms in total. The summed E-state index contributed by atoms with van der Waals surface area (Å²) >= 11 is 0. The highest BCUT2D eigenvalue weighted by atomic mass is 15.3. The first-order chi connectivity index (χ1) is 8.98. The molecule has 2 aliphatic heterocycles. The quantitative estimate of drug-likeness (QED) is 0.832. The Hall–Kier alpha value is -0.120. The molecule has 4 atom stereocenters. The summed E-state index contributed by atoms with van der Waals surface area (Å²) in [6.07, 6.45) is 5.18. The first kappa shape index (κ1) is 15.3. The fourth-order valence-corrected chi connectivity index (χ4v) is 4.26. The van der Waals surface area contributed by atoms with E-state index in [4.69, 9.17) is 5.73 Å². The molecule has 19 heavy (non-hydrogen) atoms. The Morgan fingerprint density at radius 1 is 1.16 bits per heavy atom.